The van der Waals surface area contributed by atoms with Crippen molar-refractivity contribution >= 4 is 23.5 Å². The second-order valence-corrected chi connectivity index (χ2v) is 7.83. The van der Waals surface area contributed by atoms with E-state index in [-0.39, 0.29) is 5.91 Å². The van der Waals surface area contributed by atoms with Gasteiger partial charge in [0.05, 0.1) is 19.3 Å². The van der Waals surface area contributed by atoms with Gasteiger partial charge >= 0.3 is 0 Å². The van der Waals surface area contributed by atoms with Gasteiger partial charge in [-0.3, -0.25) is 9.69 Å². The first-order valence-corrected chi connectivity index (χ1v) is 10.7. The minimum atomic E-state index is -0.134. The number of likely N-dealkylation sites (tertiary alicyclic amines) is 1. The fraction of sp³-hybridized carbons (Fsp3) is 0.500. The van der Waals surface area contributed by atoms with Crippen molar-refractivity contribution in [3.8, 4) is 5.75 Å². The summed E-state index contributed by atoms with van der Waals surface area (Å²) in [6.45, 7) is 4.43. The van der Waals surface area contributed by atoms with Crippen LogP contribution < -0.4 is 10.1 Å². The molecule has 0 aliphatic carbocycles. The maximum Gasteiger partial charge on any atom is 0.256 e. The van der Waals surface area contributed by atoms with E-state index in [1.165, 1.54) is 0 Å². The predicted molar refractivity (Wildman–Crippen MR) is 111 cm³/mol. The summed E-state index contributed by atoms with van der Waals surface area (Å²) in [5.41, 5.74) is 0.601. The number of piperidine rings is 1. The van der Waals surface area contributed by atoms with Gasteiger partial charge in [-0.25, -0.2) is 4.68 Å². The van der Waals surface area contributed by atoms with Crippen LogP contribution in [0.25, 0.3) is 0 Å². The number of methoxy groups -OCH3 is 1. The standard InChI is InChI=1S/C20H28N4O2S/c1-15(14-27-3)23-12-9-17(10-13-23)24-19(8-11-21-24)22-20(25)16-4-6-18(26-2)7-5-16/h4-8,11,15,17H,9-10,12-14H2,1-3H3,(H,22,25)/t15-/m1/s1. The third-order valence-electron chi connectivity index (χ3n) is 5.14. The summed E-state index contributed by atoms with van der Waals surface area (Å²) in [5.74, 6) is 2.52. The first-order valence-electron chi connectivity index (χ1n) is 9.34. The number of carbonyl (C=O) groups excluding carboxylic acids is 1. The third kappa shape index (κ3) is 4.84. The van der Waals surface area contributed by atoms with Crippen molar-refractivity contribution < 1.29 is 9.53 Å². The number of hydrogen-bond acceptors (Lipinski definition) is 5. The fourth-order valence-corrected chi connectivity index (χ4v) is 4.25. The number of nitrogens with one attached hydrogen (secondary N) is 1. The Morgan fingerprint density at radius 1 is 1.30 bits per heavy atom. The van der Waals surface area contributed by atoms with Gasteiger partial charge in [0, 0.05) is 36.5 Å². The Labute approximate surface area is 165 Å². The molecule has 0 saturated carbocycles. The van der Waals surface area contributed by atoms with E-state index in [0.717, 1.165) is 43.3 Å². The summed E-state index contributed by atoms with van der Waals surface area (Å²) in [6, 6.07) is 9.90. The molecule has 2 heterocycles. The second kappa shape index (κ2) is 9.28. The second-order valence-electron chi connectivity index (χ2n) is 6.92. The van der Waals surface area contributed by atoms with Gasteiger partial charge in [0.15, 0.2) is 0 Å². The zero-order chi connectivity index (χ0) is 19.2. The highest BCUT2D eigenvalue weighted by atomic mass is 32.2. The average Bonchev–Trinajstić information content (AvgIpc) is 3.16. The van der Waals surface area contributed by atoms with Crippen LogP contribution in [0.2, 0.25) is 0 Å². The largest absolute Gasteiger partial charge is 0.497 e. The number of aromatic nitrogens is 2. The highest BCUT2D eigenvalue weighted by molar-refractivity contribution is 7.98. The molecular weight excluding hydrogens is 360 g/mol. The summed E-state index contributed by atoms with van der Waals surface area (Å²) >= 11 is 1.90. The monoisotopic (exact) mass is 388 g/mol. The molecular formula is C20H28N4O2S. The van der Waals surface area contributed by atoms with E-state index in [0.29, 0.717) is 17.6 Å². The summed E-state index contributed by atoms with van der Waals surface area (Å²) < 4.78 is 7.11. The third-order valence-corrected chi connectivity index (χ3v) is 5.96. The Hall–Kier alpha value is -1.99. The van der Waals surface area contributed by atoms with Gasteiger partial charge in [0.25, 0.3) is 5.91 Å². The maximum absolute atomic E-state index is 12.6. The van der Waals surface area contributed by atoms with E-state index in [9.17, 15) is 4.79 Å². The molecule has 1 aliphatic rings. The van der Waals surface area contributed by atoms with Crippen LogP contribution in [-0.2, 0) is 0 Å². The van der Waals surface area contributed by atoms with Crippen LogP contribution >= 0.6 is 11.8 Å². The highest BCUT2D eigenvalue weighted by Crippen LogP contribution is 2.27. The van der Waals surface area contributed by atoms with Crippen LogP contribution in [0.4, 0.5) is 5.82 Å². The van der Waals surface area contributed by atoms with Crippen molar-refractivity contribution in [2.75, 3.05) is 37.5 Å². The molecule has 1 N–H and O–H groups in total. The molecule has 3 rings (SSSR count). The molecule has 27 heavy (non-hydrogen) atoms. The summed E-state index contributed by atoms with van der Waals surface area (Å²) in [5, 5.41) is 7.48. The lowest BCUT2D eigenvalue weighted by Crippen LogP contribution is -2.41. The van der Waals surface area contributed by atoms with E-state index < -0.39 is 0 Å². The van der Waals surface area contributed by atoms with Gasteiger partial charge in [0.1, 0.15) is 11.6 Å². The van der Waals surface area contributed by atoms with Gasteiger partial charge in [0.2, 0.25) is 0 Å². The Bertz CT molecular complexity index is 739. The predicted octanol–water partition coefficient (Wildman–Crippen LogP) is 3.53. The summed E-state index contributed by atoms with van der Waals surface area (Å²) in [7, 11) is 1.61. The van der Waals surface area contributed by atoms with E-state index in [1.807, 2.05) is 22.5 Å². The number of benzene rings is 1. The number of nitrogens with zero attached hydrogens (tertiary/aromatic N) is 3. The van der Waals surface area contributed by atoms with Crippen LogP contribution in [0.3, 0.4) is 0 Å². The summed E-state index contributed by atoms with van der Waals surface area (Å²) in [6.07, 6.45) is 6.01. The van der Waals surface area contributed by atoms with Crippen molar-refractivity contribution in [2.24, 2.45) is 0 Å². The van der Waals surface area contributed by atoms with Gasteiger partial charge in [-0.2, -0.15) is 16.9 Å². The average molecular weight is 389 g/mol. The zero-order valence-electron chi connectivity index (χ0n) is 16.2. The number of rotatable bonds is 7. The maximum atomic E-state index is 12.6. The number of carbonyl (C=O) groups is 1. The van der Waals surface area contributed by atoms with Crippen molar-refractivity contribution in [3.05, 3.63) is 42.1 Å². The first kappa shape index (κ1) is 19.8. The number of anilines is 1. The Morgan fingerprint density at radius 3 is 2.63 bits per heavy atom. The smallest absolute Gasteiger partial charge is 0.256 e. The van der Waals surface area contributed by atoms with Gasteiger partial charge < -0.3 is 10.1 Å². The van der Waals surface area contributed by atoms with Crippen LogP contribution in [0.15, 0.2) is 36.5 Å². The Balaban J connectivity index is 1.61. The molecule has 0 bridgehead atoms. The van der Waals surface area contributed by atoms with Crippen LogP contribution in [0, 0.1) is 0 Å². The zero-order valence-corrected chi connectivity index (χ0v) is 17.0. The van der Waals surface area contributed by atoms with Crippen LogP contribution in [0.1, 0.15) is 36.2 Å². The number of thioether (sulfide) groups is 1. The molecule has 1 aliphatic heterocycles. The lowest BCUT2D eigenvalue weighted by molar-refractivity contribution is 0.102. The molecule has 0 radical (unpaired) electrons. The molecule has 1 saturated heterocycles. The first-order chi connectivity index (χ1) is 13.1. The van der Waals surface area contributed by atoms with Gasteiger partial charge in [-0.05, 0) is 50.3 Å². The van der Waals surface area contributed by atoms with Crippen molar-refractivity contribution in [1.29, 1.82) is 0 Å². The Kier molecular flexibility index (Phi) is 6.79. The molecule has 6 nitrogen and oxygen atoms in total. The molecule has 1 aromatic heterocycles. The van der Waals surface area contributed by atoms with Crippen molar-refractivity contribution in [1.82, 2.24) is 14.7 Å². The van der Waals surface area contributed by atoms with E-state index in [2.05, 4.69) is 28.5 Å². The molecule has 1 amide bonds. The van der Waals surface area contributed by atoms with E-state index in [1.54, 1.807) is 37.6 Å². The minimum absolute atomic E-state index is 0.134. The number of ether oxygens (including phenoxy) is 1. The van der Waals surface area contributed by atoms with Crippen LogP contribution in [0.5, 0.6) is 5.75 Å². The lowest BCUT2D eigenvalue weighted by atomic mass is 10.0. The van der Waals surface area contributed by atoms with E-state index >= 15 is 0 Å². The normalized spacial score (nSPS) is 16.9. The van der Waals surface area contributed by atoms with E-state index in [4.69, 9.17) is 4.74 Å². The fourth-order valence-electron chi connectivity index (χ4n) is 3.55. The molecule has 0 unspecified atom stereocenters. The number of amides is 1. The molecule has 7 heteroatoms. The van der Waals surface area contributed by atoms with Crippen molar-refractivity contribution in [3.63, 3.8) is 0 Å². The van der Waals surface area contributed by atoms with Crippen LogP contribution in [-0.4, -0.2) is 58.8 Å². The minimum Gasteiger partial charge on any atom is -0.497 e. The molecule has 146 valence electrons. The number of hydrogen-bond donors (Lipinski definition) is 1. The molecule has 1 aromatic carbocycles. The molecule has 1 atom stereocenters. The molecule has 1 fully saturated rings. The highest BCUT2D eigenvalue weighted by Gasteiger charge is 2.25. The molecule has 2 aromatic rings. The van der Waals surface area contributed by atoms with Gasteiger partial charge in [-0.15, -0.1) is 0 Å². The lowest BCUT2D eigenvalue weighted by Gasteiger charge is -2.36. The summed E-state index contributed by atoms with van der Waals surface area (Å²) in [4.78, 5) is 15.1. The SMILES string of the molecule is COc1ccc(C(=O)Nc2ccnn2C2CCN([C@H](C)CSC)CC2)cc1. The Morgan fingerprint density at radius 2 is 2.00 bits per heavy atom. The topological polar surface area (TPSA) is 59.4 Å². The van der Waals surface area contributed by atoms with Gasteiger partial charge in [-0.1, -0.05) is 0 Å². The molecule has 0 spiro atoms. The quantitative estimate of drug-likeness (QED) is 0.786. The van der Waals surface area contributed by atoms with Crippen molar-refractivity contribution in [2.45, 2.75) is 31.8 Å².